The number of nitrogens with one attached hydrogen (secondary N) is 1. The van der Waals surface area contributed by atoms with Gasteiger partial charge in [0, 0.05) is 11.3 Å². The van der Waals surface area contributed by atoms with Gasteiger partial charge in [-0.15, -0.1) is 5.10 Å². The van der Waals surface area contributed by atoms with Gasteiger partial charge in [0.2, 0.25) is 5.16 Å². The zero-order valence-corrected chi connectivity index (χ0v) is 13.0. The number of halogens is 1. The van der Waals surface area contributed by atoms with E-state index < -0.39 is 0 Å². The van der Waals surface area contributed by atoms with Gasteiger partial charge in [-0.05, 0) is 29.7 Å². The molecule has 0 spiro atoms. The second-order valence-corrected chi connectivity index (χ2v) is 5.88. The molecule has 0 amide bonds. The van der Waals surface area contributed by atoms with Crippen LogP contribution in [0.25, 0.3) is 11.4 Å². The van der Waals surface area contributed by atoms with Crippen molar-refractivity contribution in [2.75, 3.05) is 0 Å². The first-order valence-corrected chi connectivity index (χ1v) is 8.12. The minimum Gasteiger partial charge on any atom is -0.258 e. The second kappa shape index (κ2) is 6.75. The summed E-state index contributed by atoms with van der Waals surface area (Å²) in [5, 5.41) is 7.82. The fraction of sp³-hybridized carbons (Fsp3) is 0.176. The highest BCUT2D eigenvalue weighted by Crippen LogP contribution is 2.23. The molecule has 0 aliphatic carbocycles. The van der Waals surface area contributed by atoms with Crippen LogP contribution < -0.4 is 0 Å². The molecular formula is C17H16FN3S. The van der Waals surface area contributed by atoms with E-state index in [4.69, 9.17) is 0 Å². The normalized spacial score (nSPS) is 10.8. The van der Waals surface area contributed by atoms with Crippen LogP contribution in [-0.2, 0) is 12.2 Å². The number of aromatic amines is 1. The molecule has 0 saturated carbocycles. The Hall–Kier alpha value is -2.14. The van der Waals surface area contributed by atoms with E-state index in [1.54, 1.807) is 6.07 Å². The number of thioether (sulfide) groups is 1. The first-order valence-electron chi connectivity index (χ1n) is 7.13. The van der Waals surface area contributed by atoms with Crippen LogP contribution in [0.5, 0.6) is 0 Å². The monoisotopic (exact) mass is 313 g/mol. The first-order chi connectivity index (χ1) is 10.7. The predicted molar refractivity (Wildman–Crippen MR) is 87.2 cm³/mol. The minimum atomic E-state index is -0.218. The van der Waals surface area contributed by atoms with E-state index >= 15 is 0 Å². The molecule has 3 aromatic rings. The largest absolute Gasteiger partial charge is 0.258 e. The topological polar surface area (TPSA) is 41.6 Å². The van der Waals surface area contributed by atoms with Crippen LogP contribution in [0.1, 0.15) is 18.1 Å². The summed E-state index contributed by atoms with van der Waals surface area (Å²) in [6.07, 6.45) is 1.02. The summed E-state index contributed by atoms with van der Waals surface area (Å²) in [5.41, 5.74) is 3.23. The third-order valence-corrected chi connectivity index (χ3v) is 4.28. The van der Waals surface area contributed by atoms with Gasteiger partial charge in [-0.25, -0.2) is 9.37 Å². The van der Waals surface area contributed by atoms with Crippen LogP contribution in [-0.4, -0.2) is 15.2 Å². The van der Waals surface area contributed by atoms with Gasteiger partial charge in [0.25, 0.3) is 0 Å². The van der Waals surface area contributed by atoms with Crippen molar-refractivity contribution < 1.29 is 4.39 Å². The maximum atomic E-state index is 13.1. The summed E-state index contributed by atoms with van der Waals surface area (Å²) in [6, 6.07) is 14.9. The van der Waals surface area contributed by atoms with Crippen LogP contribution in [0.15, 0.2) is 53.7 Å². The molecule has 0 atom stereocenters. The van der Waals surface area contributed by atoms with Crippen molar-refractivity contribution in [3.8, 4) is 11.4 Å². The van der Waals surface area contributed by atoms with Gasteiger partial charge in [-0.1, -0.05) is 55.1 Å². The van der Waals surface area contributed by atoms with E-state index in [2.05, 4.69) is 34.2 Å². The van der Waals surface area contributed by atoms with E-state index in [0.717, 1.165) is 23.4 Å². The number of aryl methyl sites for hydroxylation is 1. The summed E-state index contributed by atoms with van der Waals surface area (Å²) in [6.45, 7) is 2.13. The molecule has 2 aromatic carbocycles. The average Bonchev–Trinajstić information content (AvgIpc) is 3.02. The summed E-state index contributed by atoms with van der Waals surface area (Å²) in [5.74, 6) is 1.18. The number of hydrogen-bond acceptors (Lipinski definition) is 3. The molecular weight excluding hydrogens is 297 g/mol. The first kappa shape index (κ1) is 14.8. The zero-order valence-electron chi connectivity index (χ0n) is 12.2. The summed E-state index contributed by atoms with van der Waals surface area (Å²) in [4.78, 5) is 4.48. The summed E-state index contributed by atoms with van der Waals surface area (Å²) in [7, 11) is 0. The molecule has 3 nitrogen and oxygen atoms in total. The number of nitrogens with zero attached hydrogens (tertiary/aromatic N) is 2. The quantitative estimate of drug-likeness (QED) is 0.707. The molecule has 5 heteroatoms. The second-order valence-electron chi connectivity index (χ2n) is 4.94. The minimum absolute atomic E-state index is 0.218. The van der Waals surface area contributed by atoms with Crippen molar-refractivity contribution in [1.29, 1.82) is 0 Å². The van der Waals surface area contributed by atoms with Crippen LogP contribution in [0.3, 0.4) is 0 Å². The van der Waals surface area contributed by atoms with Gasteiger partial charge < -0.3 is 0 Å². The Kier molecular flexibility index (Phi) is 4.53. The highest BCUT2D eigenvalue weighted by atomic mass is 32.2. The molecule has 112 valence electrons. The van der Waals surface area contributed by atoms with Crippen molar-refractivity contribution in [2.24, 2.45) is 0 Å². The molecule has 0 aliphatic rings. The molecule has 0 saturated heterocycles. The summed E-state index contributed by atoms with van der Waals surface area (Å²) >= 11 is 1.49. The van der Waals surface area contributed by atoms with E-state index in [0.29, 0.717) is 10.9 Å². The molecule has 0 radical (unpaired) electrons. The fourth-order valence-corrected chi connectivity index (χ4v) is 2.85. The Bertz CT molecular complexity index is 753. The SMILES string of the molecule is CCc1ccc(-c2nc(SCc3cccc(F)c3)n[nH]2)cc1. The Morgan fingerprint density at radius 3 is 2.64 bits per heavy atom. The van der Waals surface area contributed by atoms with Crippen molar-refractivity contribution in [3.05, 3.63) is 65.5 Å². The zero-order chi connectivity index (χ0) is 15.4. The molecule has 0 unspecified atom stereocenters. The smallest absolute Gasteiger partial charge is 0.209 e. The standard InChI is InChI=1S/C17H16FN3S/c1-2-12-6-8-14(9-7-12)16-19-17(21-20-16)22-11-13-4-3-5-15(18)10-13/h3-10H,2,11H2,1H3,(H,19,20,21). The molecule has 1 heterocycles. The predicted octanol–water partition coefficient (Wildman–Crippen LogP) is 4.47. The van der Waals surface area contributed by atoms with Crippen LogP contribution in [0.2, 0.25) is 0 Å². The lowest BCUT2D eigenvalue weighted by Gasteiger charge is -1.99. The maximum Gasteiger partial charge on any atom is 0.209 e. The average molecular weight is 313 g/mol. The van der Waals surface area contributed by atoms with Crippen LogP contribution in [0, 0.1) is 5.82 Å². The number of H-pyrrole nitrogens is 1. The molecule has 22 heavy (non-hydrogen) atoms. The lowest BCUT2D eigenvalue weighted by atomic mass is 10.1. The number of rotatable bonds is 5. The summed E-state index contributed by atoms with van der Waals surface area (Å²) < 4.78 is 13.1. The van der Waals surface area contributed by atoms with Gasteiger partial charge in [0.1, 0.15) is 5.82 Å². The number of aromatic nitrogens is 3. The van der Waals surface area contributed by atoms with Gasteiger partial charge in [0.15, 0.2) is 5.82 Å². The van der Waals surface area contributed by atoms with Gasteiger partial charge in [-0.2, -0.15) is 0 Å². The Balaban J connectivity index is 1.68. The molecule has 0 fully saturated rings. The van der Waals surface area contributed by atoms with Gasteiger partial charge in [0.05, 0.1) is 0 Å². The molecule has 0 aliphatic heterocycles. The van der Waals surface area contributed by atoms with Crippen molar-refractivity contribution >= 4 is 11.8 Å². The Labute approximate surface area is 133 Å². The number of benzene rings is 2. The highest BCUT2D eigenvalue weighted by molar-refractivity contribution is 7.98. The third kappa shape index (κ3) is 3.54. The van der Waals surface area contributed by atoms with Gasteiger partial charge >= 0.3 is 0 Å². The van der Waals surface area contributed by atoms with Crippen molar-refractivity contribution in [2.45, 2.75) is 24.3 Å². The Morgan fingerprint density at radius 2 is 1.91 bits per heavy atom. The van der Waals surface area contributed by atoms with Crippen LogP contribution >= 0.6 is 11.8 Å². The number of hydrogen-bond donors (Lipinski definition) is 1. The molecule has 3 rings (SSSR count). The van der Waals surface area contributed by atoms with E-state index in [1.807, 2.05) is 18.2 Å². The van der Waals surface area contributed by atoms with Crippen molar-refractivity contribution in [1.82, 2.24) is 15.2 Å². The molecule has 1 aromatic heterocycles. The maximum absolute atomic E-state index is 13.1. The van der Waals surface area contributed by atoms with E-state index in [1.165, 1.54) is 29.5 Å². The van der Waals surface area contributed by atoms with E-state index in [9.17, 15) is 4.39 Å². The highest BCUT2D eigenvalue weighted by Gasteiger charge is 2.07. The van der Waals surface area contributed by atoms with Crippen LogP contribution in [0.4, 0.5) is 4.39 Å². The lowest BCUT2D eigenvalue weighted by molar-refractivity contribution is 0.626. The lowest BCUT2D eigenvalue weighted by Crippen LogP contribution is -1.84. The van der Waals surface area contributed by atoms with Gasteiger partial charge in [-0.3, -0.25) is 5.10 Å². The Morgan fingerprint density at radius 1 is 1.09 bits per heavy atom. The van der Waals surface area contributed by atoms with E-state index in [-0.39, 0.29) is 5.82 Å². The third-order valence-electron chi connectivity index (χ3n) is 3.36. The fourth-order valence-electron chi connectivity index (χ4n) is 2.11. The molecule has 1 N–H and O–H groups in total. The molecule has 0 bridgehead atoms. The van der Waals surface area contributed by atoms with Crippen molar-refractivity contribution in [3.63, 3.8) is 0 Å².